The molecule has 1 aliphatic heterocycles. The van der Waals surface area contributed by atoms with Gasteiger partial charge in [-0.3, -0.25) is 14.9 Å². The summed E-state index contributed by atoms with van der Waals surface area (Å²) in [7, 11) is 1.21. The molecule has 2 fully saturated rings. The molecular formula is C24H32F3NO4. The first-order valence-electron chi connectivity index (χ1n) is 11.2. The minimum atomic E-state index is -4.59. The van der Waals surface area contributed by atoms with Gasteiger partial charge < -0.3 is 9.47 Å². The fourth-order valence-corrected chi connectivity index (χ4v) is 5.15. The second-order valence-corrected chi connectivity index (χ2v) is 9.45. The molecule has 5 nitrogen and oxygen atoms in total. The molecule has 1 heterocycles. The molecule has 1 aromatic carbocycles. The van der Waals surface area contributed by atoms with Gasteiger partial charge in [-0.1, -0.05) is 45.4 Å². The van der Waals surface area contributed by atoms with E-state index >= 15 is 0 Å². The predicted octanol–water partition coefficient (Wildman–Crippen LogP) is 4.90. The van der Waals surface area contributed by atoms with Crippen LogP contribution in [0, 0.1) is 23.7 Å². The third-order valence-electron chi connectivity index (χ3n) is 6.89. The molecule has 0 amide bonds. The Morgan fingerprint density at radius 3 is 2.41 bits per heavy atom. The van der Waals surface area contributed by atoms with Gasteiger partial charge in [0, 0.05) is 6.04 Å². The summed E-state index contributed by atoms with van der Waals surface area (Å²) < 4.78 is 51.7. The molecule has 6 atom stereocenters. The van der Waals surface area contributed by atoms with Crippen LogP contribution in [0.5, 0.6) is 0 Å². The molecule has 0 bridgehead atoms. The van der Waals surface area contributed by atoms with Crippen molar-refractivity contribution in [3.05, 3.63) is 35.4 Å². The molecule has 1 aromatic rings. The summed E-state index contributed by atoms with van der Waals surface area (Å²) in [6.45, 7) is 6.30. The molecular weight excluding hydrogens is 423 g/mol. The number of nitrogens with one attached hydrogen (secondary N) is 1. The van der Waals surface area contributed by atoms with E-state index in [1.54, 1.807) is 0 Å². The maximum absolute atomic E-state index is 13.7. The Morgan fingerprint density at radius 1 is 1.09 bits per heavy atom. The highest BCUT2D eigenvalue weighted by Crippen LogP contribution is 2.42. The molecule has 178 valence electrons. The van der Waals surface area contributed by atoms with Crippen molar-refractivity contribution in [2.45, 2.75) is 70.8 Å². The molecule has 2 aliphatic rings. The van der Waals surface area contributed by atoms with Gasteiger partial charge in [0.15, 0.2) is 0 Å². The van der Waals surface area contributed by atoms with Crippen molar-refractivity contribution >= 4 is 11.9 Å². The standard InChI is InChI=1S/C24H32F3NO4/c1-13(2)15-10-9-14(3)11-20(15)32-22(29)17-12-19(23(30)31-4)28-21(17)16-7-5-6-8-18(16)24(25,26)27/h5-8,13-15,17,19-21,28H,9-12H2,1-4H3/t14-,15+,17+,19+,20-,21+/m1/s1. The lowest BCUT2D eigenvalue weighted by Crippen LogP contribution is -2.38. The molecule has 0 radical (unpaired) electrons. The van der Waals surface area contributed by atoms with E-state index in [4.69, 9.17) is 9.47 Å². The van der Waals surface area contributed by atoms with Crippen LogP contribution in [-0.4, -0.2) is 31.2 Å². The molecule has 1 saturated carbocycles. The maximum Gasteiger partial charge on any atom is 0.416 e. The van der Waals surface area contributed by atoms with Gasteiger partial charge >= 0.3 is 18.1 Å². The largest absolute Gasteiger partial charge is 0.468 e. The highest BCUT2D eigenvalue weighted by atomic mass is 19.4. The molecule has 32 heavy (non-hydrogen) atoms. The molecule has 1 N–H and O–H groups in total. The topological polar surface area (TPSA) is 64.6 Å². The van der Waals surface area contributed by atoms with E-state index in [9.17, 15) is 22.8 Å². The number of carbonyl (C=O) groups excluding carboxylic acids is 2. The van der Waals surface area contributed by atoms with E-state index in [0.29, 0.717) is 11.8 Å². The second-order valence-electron chi connectivity index (χ2n) is 9.45. The zero-order chi connectivity index (χ0) is 23.6. The highest BCUT2D eigenvalue weighted by Gasteiger charge is 2.47. The number of methoxy groups -OCH3 is 1. The van der Waals surface area contributed by atoms with Gasteiger partial charge in [0.05, 0.1) is 18.6 Å². The van der Waals surface area contributed by atoms with E-state index in [1.165, 1.54) is 25.3 Å². The van der Waals surface area contributed by atoms with Crippen LogP contribution in [0.15, 0.2) is 24.3 Å². The lowest BCUT2D eigenvalue weighted by Gasteiger charge is -2.37. The van der Waals surface area contributed by atoms with Crippen LogP contribution in [0.2, 0.25) is 0 Å². The quantitative estimate of drug-likeness (QED) is 0.640. The Bertz CT molecular complexity index is 826. The van der Waals surface area contributed by atoms with E-state index in [-0.39, 0.29) is 24.0 Å². The van der Waals surface area contributed by atoms with Gasteiger partial charge in [0.2, 0.25) is 0 Å². The first-order chi connectivity index (χ1) is 15.0. The fourth-order valence-electron chi connectivity index (χ4n) is 5.15. The average molecular weight is 456 g/mol. The number of esters is 2. The summed E-state index contributed by atoms with van der Waals surface area (Å²) in [6, 6.07) is 3.27. The van der Waals surface area contributed by atoms with Crippen LogP contribution in [0.1, 0.15) is 63.6 Å². The van der Waals surface area contributed by atoms with Crippen LogP contribution in [-0.2, 0) is 25.2 Å². The SMILES string of the molecule is COC(=O)[C@@H]1C[C@H](C(=O)O[C@@H]2C[C@H](C)CC[C@H]2C(C)C)[C@H](c2ccccc2C(F)(F)F)N1. The van der Waals surface area contributed by atoms with E-state index in [2.05, 4.69) is 26.1 Å². The van der Waals surface area contributed by atoms with E-state index in [1.807, 2.05) is 0 Å². The predicted molar refractivity (Wildman–Crippen MR) is 112 cm³/mol. The van der Waals surface area contributed by atoms with Crippen molar-refractivity contribution in [3.8, 4) is 0 Å². The van der Waals surface area contributed by atoms with Gasteiger partial charge in [-0.2, -0.15) is 13.2 Å². The average Bonchev–Trinajstić information content (AvgIpc) is 3.18. The van der Waals surface area contributed by atoms with Crippen molar-refractivity contribution in [2.75, 3.05) is 7.11 Å². The zero-order valence-corrected chi connectivity index (χ0v) is 18.9. The number of hydrogen-bond acceptors (Lipinski definition) is 5. The summed E-state index contributed by atoms with van der Waals surface area (Å²) in [5, 5.41) is 2.91. The molecule has 0 spiro atoms. The third kappa shape index (κ3) is 5.27. The summed E-state index contributed by atoms with van der Waals surface area (Å²) in [5.74, 6) is -1.15. The Labute approximate surface area is 187 Å². The molecule has 0 unspecified atom stereocenters. The summed E-state index contributed by atoms with van der Waals surface area (Å²) >= 11 is 0. The van der Waals surface area contributed by atoms with Crippen LogP contribution in [0.25, 0.3) is 0 Å². The highest BCUT2D eigenvalue weighted by molar-refractivity contribution is 5.80. The lowest BCUT2D eigenvalue weighted by atomic mass is 9.75. The fraction of sp³-hybridized carbons (Fsp3) is 0.667. The number of halogens is 3. The normalized spacial score (nSPS) is 30.9. The smallest absolute Gasteiger partial charge is 0.416 e. The molecule has 1 aliphatic carbocycles. The first-order valence-corrected chi connectivity index (χ1v) is 11.2. The lowest BCUT2D eigenvalue weighted by molar-refractivity contribution is -0.161. The maximum atomic E-state index is 13.7. The van der Waals surface area contributed by atoms with Gasteiger partial charge in [-0.05, 0) is 48.6 Å². The summed E-state index contributed by atoms with van der Waals surface area (Å²) in [6.07, 6.45) is -2.09. The van der Waals surface area contributed by atoms with Crippen molar-refractivity contribution in [1.82, 2.24) is 5.32 Å². The van der Waals surface area contributed by atoms with Crippen LogP contribution in [0.3, 0.4) is 0 Å². The monoisotopic (exact) mass is 455 g/mol. The van der Waals surface area contributed by atoms with Crippen molar-refractivity contribution < 1.29 is 32.2 Å². The van der Waals surface area contributed by atoms with E-state index in [0.717, 1.165) is 25.3 Å². The number of alkyl halides is 3. The molecule has 0 aromatic heterocycles. The van der Waals surface area contributed by atoms with Crippen molar-refractivity contribution in [2.24, 2.45) is 23.7 Å². The van der Waals surface area contributed by atoms with Crippen LogP contribution in [0.4, 0.5) is 13.2 Å². The minimum Gasteiger partial charge on any atom is -0.468 e. The Hall–Kier alpha value is -2.09. The first kappa shape index (κ1) is 24.6. The summed E-state index contributed by atoms with van der Waals surface area (Å²) in [4.78, 5) is 25.5. The van der Waals surface area contributed by atoms with Gasteiger partial charge in [0.25, 0.3) is 0 Å². The van der Waals surface area contributed by atoms with Crippen molar-refractivity contribution in [3.63, 3.8) is 0 Å². The third-order valence-corrected chi connectivity index (χ3v) is 6.89. The molecule has 3 rings (SSSR count). The van der Waals surface area contributed by atoms with E-state index < -0.39 is 41.7 Å². The summed E-state index contributed by atoms with van der Waals surface area (Å²) in [5.41, 5.74) is -0.891. The number of benzene rings is 1. The van der Waals surface area contributed by atoms with Crippen molar-refractivity contribution in [1.29, 1.82) is 0 Å². The minimum absolute atomic E-state index is 0.0248. The zero-order valence-electron chi connectivity index (χ0n) is 18.9. The van der Waals surface area contributed by atoms with Crippen LogP contribution >= 0.6 is 0 Å². The number of rotatable bonds is 5. The van der Waals surface area contributed by atoms with Gasteiger partial charge in [-0.15, -0.1) is 0 Å². The molecule has 8 heteroatoms. The van der Waals surface area contributed by atoms with Gasteiger partial charge in [0.1, 0.15) is 12.1 Å². The Morgan fingerprint density at radius 2 is 1.78 bits per heavy atom. The van der Waals surface area contributed by atoms with Crippen LogP contribution < -0.4 is 5.32 Å². The Kier molecular flexibility index (Phi) is 7.53. The number of hydrogen-bond donors (Lipinski definition) is 1. The molecule has 1 saturated heterocycles. The number of ether oxygens (including phenoxy) is 2. The van der Waals surface area contributed by atoms with Gasteiger partial charge in [-0.25, -0.2) is 0 Å². The second kappa shape index (κ2) is 9.81. The number of carbonyl (C=O) groups is 2. The Balaban J connectivity index is 1.90.